The zero-order chi connectivity index (χ0) is 23.4. The molecule has 0 atom stereocenters. The Balaban J connectivity index is 1.46. The Morgan fingerprint density at radius 2 is 1.82 bits per heavy atom. The Morgan fingerprint density at radius 1 is 1.03 bits per heavy atom. The molecule has 10 nitrogen and oxygen atoms in total. The van der Waals surface area contributed by atoms with E-state index >= 15 is 0 Å². The van der Waals surface area contributed by atoms with Gasteiger partial charge in [0.15, 0.2) is 11.5 Å². The average molecular weight is 449 g/mol. The van der Waals surface area contributed by atoms with Crippen molar-refractivity contribution in [1.82, 2.24) is 15.1 Å². The van der Waals surface area contributed by atoms with Crippen LogP contribution >= 0.6 is 0 Å². The van der Waals surface area contributed by atoms with Crippen molar-refractivity contribution in [2.45, 2.75) is 19.8 Å². The van der Waals surface area contributed by atoms with Gasteiger partial charge in [0, 0.05) is 35.5 Å². The zero-order valence-corrected chi connectivity index (χ0v) is 18.6. The van der Waals surface area contributed by atoms with Crippen LogP contribution in [0.5, 0.6) is 23.3 Å². The maximum absolute atomic E-state index is 12.3. The molecule has 4 aromatic rings. The van der Waals surface area contributed by atoms with Crippen LogP contribution in [0.15, 0.2) is 53.2 Å². The van der Waals surface area contributed by atoms with Crippen molar-refractivity contribution in [3.05, 3.63) is 54.4 Å². The van der Waals surface area contributed by atoms with Crippen molar-refractivity contribution in [3.8, 4) is 23.3 Å². The highest BCUT2D eigenvalue weighted by molar-refractivity contribution is 5.99. The number of amides is 2. The number of urea groups is 1. The van der Waals surface area contributed by atoms with E-state index in [0.29, 0.717) is 28.5 Å². The van der Waals surface area contributed by atoms with Crippen molar-refractivity contribution in [2.75, 3.05) is 24.9 Å². The number of hydrogen-bond donors (Lipinski definition) is 2. The van der Waals surface area contributed by atoms with Crippen molar-refractivity contribution in [1.29, 1.82) is 0 Å². The van der Waals surface area contributed by atoms with E-state index in [1.54, 1.807) is 62.9 Å². The first kappa shape index (κ1) is 21.9. The van der Waals surface area contributed by atoms with Gasteiger partial charge in [-0.1, -0.05) is 25.1 Å². The SMILES string of the molecule is COc1cc2cnc(Oc3cccc(NC(=O)Nc4cc(C(C)C)no4)c3)nc2cc1OC. The molecule has 33 heavy (non-hydrogen) atoms. The molecule has 0 bridgehead atoms. The Kier molecular flexibility index (Phi) is 6.25. The topological polar surface area (TPSA) is 121 Å². The summed E-state index contributed by atoms with van der Waals surface area (Å²) < 4.78 is 21.5. The molecule has 0 aliphatic heterocycles. The van der Waals surface area contributed by atoms with Gasteiger partial charge in [-0.15, -0.1) is 0 Å². The third-order valence-corrected chi connectivity index (χ3v) is 4.72. The lowest BCUT2D eigenvalue weighted by Crippen LogP contribution is -2.19. The summed E-state index contributed by atoms with van der Waals surface area (Å²) in [5.41, 5.74) is 1.91. The molecule has 0 saturated heterocycles. The highest BCUT2D eigenvalue weighted by atomic mass is 16.5. The van der Waals surface area contributed by atoms with Crippen LogP contribution in [-0.4, -0.2) is 35.4 Å². The molecule has 2 amide bonds. The van der Waals surface area contributed by atoms with E-state index in [2.05, 4.69) is 25.8 Å². The second-order valence-corrected chi connectivity index (χ2v) is 7.40. The van der Waals surface area contributed by atoms with Gasteiger partial charge in [-0.2, -0.15) is 4.98 Å². The maximum Gasteiger partial charge on any atom is 0.326 e. The minimum absolute atomic E-state index is 0.152. The Bertz CT molecular complexity index is 1290. The fourth-order valence-electron chi connectivity index (χ4n) is 3.03. The van der Waals surface area contributed by atoms with Gasteiger partial charge in [0.05, 0.1) is 25.4 Å². The monoisotopic (exact) mass is 449 g/mol. The van der Waals surface area contributed by atoms with E-state index in [9.17, 15) is 4.79 Å². The smallest absolute Gasteiger partial charge is 0.326 e. The number of carbonyl (C=O) groups excluding carboxylic acids is 1. The van der Waals surface area contributed by atoms with Gasteiger partial charge in [0.25, 0.3) is 0 Å². The number of aromatic nitrogens is 3. The quantitative estimate of drug-likeness (QED) is 0.395. The number of anilines is 2. The normalized spacial score (nSPS) is 10.8. The van der Waals surface area contributed by atoms with Gasteiger partial charge >= 0.3 is 12.0 Å². The van der Waals surface area contributed by atoms with E-state index in [1.165, 1.54) is 0 Å². The average Bonchev–Trinajstić information content (AvgIpc) is 3.27. The standard InChI is InChI=1S/C23H23N5O5/c1-13(2)17-11-21(33-28-17)27-22(29)25-15-6-5-7-16(9-15)32-23-24-12-14-8-19(30-3)20(31-4)10-18(14)26-23/h5-13H,1-4H3,(H2,25,27,29). The van der Waals surface area contributed by atoms with Crippen LogP contribution in [0.2, 0.25) is 0 Å². The summed E-state index contributed by atoms with van der Waals surface area (Å²) in [6, 6.07) is 11.8. The van der Waals surface area contributed by atoms with E-state index in [-0.39, 0.29) is 17.8 Å². The van der Waals surface area contributed by atoms with Crippen LogP contribution < -0.4 is 24.8 Å². The van der Waals surface area contributed by atoms with E-state index in [0.717, 1.165) is 11.1 Å². The molecule has 2 heterocycles. The predicted molar refractivity (Wildman–Crippen MR) is 122 cm³/mol. The largest absolute Gasteiger partial charge is 0.493 e. The highest BCUT2D eigenvalue weighted by Crippen LogP contribution is 2.32. The van der Waals surface area contributed by atoms with Gasteiger partial charge in [0.2, 0.25) is 5.88 Å². The number of ether oxygens (including phenoxy) is 3. The van der Waals surface area contributed by atoms with Crippen LogP contribution in [0.25, 0.3) is 10.9 Å². The summed E-state index contributed by atoms with van der Waals surface area (Å²) in [4.78, 5) is 21.0. The fourth-order valence-corrected chi connectivity index (χ4v) is 3.03. The van der Waals surface area contributed by atoms with Crippen LogP contribution in [-0.2, 0) is 0 Å². The number of rotatable bonds is 7. The molecular formula is C23H23N5O5. The molecule has 0 aliphatic carbocycles. The number of benzene rings is 2. The maximum atomic E-state index is 12.3. The Hall–Kier alpha value is -4.34. The molecule has 0 saturated carbocycles. The second kappa shape index (κ2) is 9.43. The van der Waals surface area contributed by atoms with Gasteiger partial charge in [0.1, 0.15) is 5.75 Å². The lowest BCUT2D eigenvalue weighted by molar-refractivity contribution is 0.261. The molecule has 0 spiro atoms. The van der Waals surface area contributed by atoms with Gasteiger partial charge in [-0.3, -0.25) is 5.32 Å². The van der Waals surface area contributed by atoms with Gasteiger partial charge < -0.3 is 24.1 Å². The number of nitrogens with one attached hydrogen (secondary N) is 2. The summed E-state index contributed by atoms with van der Waals surface area (Å²) >= 11 is 0. The molecule has 170 valence electrons. The minimum Gasteiger partial charge on any atom is -0.493 e. The lowest BCUT2D eigenvalue weighted by atomic mass is 10.1. The summed E-state index contributed by atoms with van der Waals surface area (Å²) in [6.07, 6.45) is 1.64. The van der Waals surface area contributed by atoms with E-state index < -0.39 is 6.03 Å². The molecule has 0 unspecified atom stereocenters. The van der Waals surface area contributed by atoms with Gasteiger partial charge in [-0.05, 0) is 24.1 Å². The molecule has 0 radical (unpaired) electrons. The van der Waals surface area contributed by atoms with Crippen molar-refractivity contribution < 1.29 is 23.5 Å². The molecular weight excluding hydrogens is 426 g/mol. The zero-order valence-electron chi connectivity index (χ0n) is 18.6. The third-order valence-electron chi connectivity index (χ3n) is 4.72. The Morgan fingerprint density at radius 3 is 2.55 bits per heavy atom. The minimum atomic E-state index is -0.471. The van der Waals surface area contributed by atoms with E-state index in [4.69, 9.17) is 18.7 Å². The number of carbonyl (C=O) groups is 1. The fraction of sp³-hybridized carbons (Fsp3) is 0.217. The molecule has 0 fully saturated rings. The summed E-state index contributed by atoms with van der Waals surface area (Å²) in [6.45, 7) is 3.97. The highest BCUT2D eigenvalue weighted by Gasteiger charge is 2.12. The lowest BCUT2D eigenvalue weighted by Gasteiger charge is -2.10. The van der Waals surface area contributed by atoms with Crippen molar-refractivity contribution in [2.24, 2.45) is 0 Å². The van der Waals surface area contributed by atoms with Crippen molar-refractivity contribution >= 4 is 28.5 Å². The first-order valence-electron chi connectivity index (χ1n) is 10.2. The third kappa shape index (κ3) is 5.12. The van der Waals surface area contributed by atoms with Crippen LogP contribution in [0.1, 0.15) is 25.5 Å². The molecule has 2 aromatic carbocycles. The van der Waals surface area contributed by atoms with Crippen molar-refractivity contribution in [3.63, 3.8) is 0 Å². The molecule has 2 aromatic heterocycles. The summed E-state index contributed by atoms with van der Waals surface area (Å²) in [5.74, 6) is 2.06. The molecule has 2 N–H and O–H groups in total. The molecule has 4 rings (SSSR count). The molecule has 10 heteroatoms. The second-order valence-electron chi connectivity index (χ2n) is 7.40. The molecule has 0 aliphatic rings. The number of fused-ring (bicyclic) bond motifs is 1. The van der Waals surface area contributed by atoms with Crippen LogP contribution in [0, 0.1) is 0 Å². The first-order chi connectivity index (χ1) is 15.9. The van der Waals surface area contributed by atoms with Crippen LogP contribution in [0.4, 0.5) is 16.4 Å². The number of nitrogens with zero attached hydrogens (tertiary/aromatic N) is 3. The van der Waals surface area contributed by atoms with E-state index in [1.807, 2.05) is 13.8 Å². The predicted octanol–water partition coefficient (Wildman–Crippen LogP) is 5.19. The first-order valence-corrected chi connectivity index (χ1v) is 10.2. The number of hydrogen-bond acceptors (Lipinski definition) is 8. The van der Waals surface area contributed by atoms with Crippen LogP contribution in [0.3, 0.4) is 0 Å². The summed E-state index contributed by atoms with van der Waals surface area (Å²) in [7, 11) is 3.13. The Labute approximate surface area is 189 Å². The summed E-state index contributed by atoms with van der Waals surface area (Å²) in [5, 5.41) is 10.0. The van der Waals surface area contributed by atoms with Gasteiger partial charge in [-0.25, -0.2) is 9.78 Å². The number of methoxy groups -OCH3 is 2.